The molecule has 8 heteroatoms. The molecule has 4 rings (SSSR count). The Bertz CT molecular complexity index is 1250. The van der Waals surface area contributed by atoms with Crippen molar-refractivity contribution in [3.8, 4) is 0 Å². The Balaban J connectivity index is 1.63. The first-order valence-corrected chi connectivity index (χ1v) is 12.1. The molecule has 152 valence electrons. The highest BCUT2D eigenvalue weighted by molar-refractivity contribution is 8.04. The van der Waals surface area contributed by atoms with Crippen LogP contribution in [0.5, 0.6) is 0 Å². The zero-order chi connectivity index (χ0) is 21.3. The van der Waals surface area contributed by atoms with Gasteiger partial charge in [-0.25, -0.2) is 8.42 Å². The van der Waals surface area contributed by atoms with Crippen molar-refractivity contribution < 1.29 is 13.2 Å². The summed E-state index contributed by atoms with van der Waals surface area (Å²) < 4.78 is 25.9. The molecule has 0 radical (unpaired) electrons. The van der Waals surface area contributed by atoms with Crippen LogP contribution in [-0.4, -0.2) is 14.3 Å². The summed E-state index contributed by atoms with van der Waals surface area (Å²) in [5.41, 5.74) is 1.72. The zero-order valence-corrected chi connectivity index (χ0v) is 18.6. The van der Waals surface area contributed by atoms with Crippen LogP contribution in [0.25, 0.3) is 6.08 Å². The molecule has 0 fully saturated rings. The van der Waals surface area contributed by atoms with Crippen LogP contribution in [0.1, 0.15) is 11.1 Å². The summed E-state index contributed by atoms with van der Waals surface area (Å²) in [6.45, 7) is 0. The molecule has 1 amide bonds. The minimum absolute atomic E-state index is 0.0913. The first-order valence-electron chi connectivity index (χ1n) is 8.89. The largest absolute Gasteiger partial charge is 0.320 e. The predicted molar refractivity (Wildman–Crippen MR) is 123 cm³/mol. The van der Waals surface area contributed by atoms with Gasteiger partial charge in [0.2, 0.25) is 0 Å². The summed E-state index contributed by atoms with van der Waals surface area (Å²) in [6, 6.07) is 19.1. The van der Waals surface area contributed by atoms with Crippen LogP contribution in [-0.2, 0) is 20.4 Å². The fraction of sp³-hybridized carbons (Fsp3) is 0.0455. The molecule has 0 saturated carbocycles. The summed E-state index contributed by atoms with van der Waals surface area (Å²) in [6.07, 6.45) is 1.80. The van der Waals surface area contributed by atoms with Crippen LogP contribution >= 0.6 is 35.0 Å². The van der Waals surface area contributed by atoms with E-state index in [0.717, 1.165) is 10.5 Å². The summed E-state index contributed by atoms with van der Waals surface area (Å²) in [5, 5.41) is 3.37. The third-order valence-electron chi connectivity index (χ3n) is 4.50. The molecule has 0 atom stereocenters. The van der Waals surface area contributed by atoms with E-state index < -0.39 is 9.84 Å². The van der Waals surface area contributed by atoms with Crippen molar-refractivity contribution >= 4 is 62.5 Å². The van der Waals surface area contributed by atoms with E-state index in [1.165, 1.54) is 23.9 Å². The zero-order valence-electron chi connectivity index (χ0n) is 15.4. The standard InChI is InChI=1S/C22H15Cl2NO3S2/c23-17-7-4-8-18(24)16(17)13-30(27,28)15-9-10-20-19(12-15)25-22(26)21(29-20)11-14-5-2-1-3-6-14/h1-12H,13H2,(H,25,26)/b21-11+. The lowest BCUT2D eigenvalue weighted by atomic mass is 10.2. The van der Waals surface area contributed by atoms with Crippen LogP contribution in [0.3, 0.4) is 0 Å². The maximum absolute atomic E-state index is 12.9. The Morgan fingerprint density at radius 1 is 0.933 bits per heavy atom. The number of amides is 1. The van der Waals surface area contributed by atoms with E-state index >= 15 is 0 Å². The average Bonchev–Trinajstić information content (AvgIpc) is 2.72. The van der Waals surface area contributed by atoms with Crippen molar-refractivity contribution in [2.24, 2.45) is 0 Å². The Morgan fingerprint density at radius 3 is 2.33 bits per heavy atom. The molecule has 0 aromatic heterocycles. The molecule has 4 nitrogen and oxygen atoms in total. The Morgan fingerprint density at radius 2 is 1.63 bits per heavy atom. The van der Waals surface area contributed by atoms with Crippen LogP contribution in [0, 0.1) is 0 Å². The second kappa shape index (κ2) is 8.47. The Labute approximate surface area is 188 Å². The van der Waals surface area contributed by atoms with Gasteiger partial charge >= 0.3 is 0 Å². The number of hydrogen-bond acceptors (Lipinski definition) is 4. The number of fused-ring (bicyclic) bond motifs is 1. The quantitative estimate of drug-likeness (QED) is 0.466. The molecule has 0 spiro atoms. The van der Waals surface area contributed by atoms with Gasteiger partial charge in [-0.2, -0.15) is 0 Å². The summed E-state index contributed by atoms with van der Waals surface area (Å²) >= 11 is 13.5. The van der Waals surface area contributed by atoms with Crippen LogP contribution in [0.2, 0.25) is 10.0 Å². The molecule has 1 aliphatic rings. The minimum atomic E-state index is -3.72. The number of benzene rings is 3. The monoisotopic (exact) mass is 475 g/mol. The van der Waals surface area contributed by atoms with Gasteiger partial charge in [-0.15, -0.1) is 0 Å². The molecule has 3 aromatic rings. The third kappa shape index (κ3) is 4.42. The molecule has 30 heavy (non-hydrogen) atoms. The van der Waals surface area contributed by atoms with Gasteiger partial charge in [-0.05, 0) is 42.0 Å². The lowest BCUT2D eigenvalue weighted by Gasteiger charge is -2.19. The summed E-state index contributed by atoms with van der Waals surface area (Å²) in [7, 11) is -3.72. The first kappa shape index (κ1) is 21.0. The van der Waals surface area contributed by atoms with Crippen LogP contribution in [0.15, 0.2) is 81.4 Å². The van der Waals surface area contributed by atoms with Crippen molar-refractivity contribution in [3.05, 3.63) is 92.8 Å². The van der Waals surface area contributed by atoms with E-state index in [0.29, 0.717) is 26.2 Å². The topological polar surface area (TPSA) is 63.2 Å². The first-order chi connectivity index (χ1) is 14.3. The van der Waals surface area contributed by atoms with E-state index in [2.05, 4.69) is 5.32 Å². The molecular weight excluding hydrogens is 461 g/mol. The average molecular weight is 476 g/mol. The van der Waals surface area contributed by atoms with Gasteiger partial charge in [0, 0.05) is 20.5 Å². The van der Waals surface area contributed by atoms with Crippen molar-refractivity contribution in [2.75, 3.05) is 5.32 Å². The van der Waals surface area contributed by atoms with Crippen molar-refractivity contribution in [1.29, 1.82) is 0 Å². The van der Waals surface area contributed by atoms with Gasteiger partial charge in [0.1, 0.15) is 0 Å². The second-order valence-corrected chi connectivity index (χ2v) is 10.5. The van der Waals surface area contributed by atoms with Crippen molar-refractivity contribution in [1.82, 2.24) is 0 Å². The van der Waals surface area contributed by atoms with Crippen molar-refractivity contribution in [3.63, 3.8) is 0 Å². The maximum Gasteiger partial charge on any atom is 0.262 e. The number of sulfone groups is 1. The number of hydrogen-bond donors (Lipinski definition) is 1. The number of rotatable bonds is 4. The number of halogens is 2. The van der Waals surface area contributed by atoms with Gasteiger partial charge < -0.3 is 5.32 Å². The number of thioether (sulfide) groups is 1. The third-order valence-corrected chi connectivity index (χ3v) is 7.94. The molecule has 0 unspecified atom stereocenters. The lowest BCUT2D eigenvalue weighted by Crippen LogP contribution is -2.18. The summed E-state index contributed by atoms with van der Waals surface area (Å²) in [4.78, 5) is 13.9. The minimum Gasteiger partial charge on any atom is -0.320 e. The number of carbonyl (C=O) groups is 1. The van der Waals surface area contributed by atoms with E-state index in [9.17, 15) is 13.2 Å². The van der Waals surface area contributed by atoms with E-state index in [-0.39, 0.29) is 16.6 Å². The fourth-order valence-corrected chi connectivity index (χ4v) is 6.03. The molecule has 0 bridgehead atoms. The summed E-state index contributed by atoms with van der Waals surface area (Å²) in [5.74, 6) is -0.607. The Hall–Kier alpha value is -2.25. The number of nitrogens with one attached hydrogen (secondary N) is 1. The number of carbonyl (C=O) groups excluding carboxylic acids is 1. The number of anilines is 1. The SMILES string of the molecule is O=C1Nc2cc(S(=O)(=O)Cc3c(Cl)cccc3Cl)ccc2S/C1=C/c1ccccc1. The van der Waals surface area contributed by atoms with Crippen LogP contribution in [0.4, 0.5) is 5.69 Å². The molecule has 1 N–H and O–H groups in total. The highest BCUT2D eigenvalue weighted by Gasteiger charge is 2.25. The van der Waals surface area contributed by atoms with Gasteiger partial charge in [0.15, 0.2) is 9.84 Å². The van der Waals surface area contributed by atoms with E-state index in [1.54, 1.807) is 30.3 Å². The molecule has 3 aromatic carbocycles. The maximum atomic E-state index is 12.9. The lowest BCUT2D eigenvalue weighted by molar-refractivity contribution is -0.112. The highest BCUT2D eigenvalue weighted by Crippen LogP contribution is 2.40. The molecule has 1 aliphatic heterocycles. The second-order valence-electron chi connectivity index (χ2n) is 6.59. The molecule has 0 aliphatic carbocycles. The molecule has 0 saturated heterocycles. The molecular formula is C22H15Cl2NO3S2. The van der Waals surface area contributed by atoms with Gasteiger partial charge in [-0.1, -0.05) is 71.4 Å². The van der Waals surface area contributed by atoms with E-state index in [1.807, 2.05) is 30.3 Å². The van der Waals surface area contributed by atoms with Gasteiger partial charge in [0.25, 0.3) is 5.91 Å². The molecule has 1 heterocycles. The predicted octanol–water partition coefficient (Wildman–Crippen LogP) is 6.05. The highest BCUT2D eigenvalue weighted by atomic mass is 35.5. The smallest absolute Gasteiger partial charge is 0.262 e. The fourth-order valence-electron chi connectivity index (χ4n) is 2.98. The van der Waals surface area contributed by atoms with E-state index in [4.69, 9.17) is 23.2 Å². The van der Waals surface area contributed by atoms with Crippen LogP contribution < -0.4 is 5.32 Å². The Kier molecular flexibility index (Phi) is 5.93. The van der Waals surface area contributed by atoms with Gasteiger partial charge in [-0.3, -0.25) is 4.79 Å². The normalized spacial score (nSPS) is 15.0. The van der Waals surface area contributed by atoms with Crippen molar-refractivity contribution in [2.45, 2.75) is 15.5 Å². The van der Waals surface area contributed by atoms with Gasteiger partial charge in [0.05, 0.1) is 21.2 Å².